The molecule has 1 fully saturated rings. The Morgan fingerprint density at radius 1 is 1.27 bits per heavy atom. The van der Waals surface area contributed by atoms with Gasteiger partial charge in [-0.05, 0) is 18.5 Å². The van der Waals surface area contributed by atoms with E-state index in [1.807, 2.05) is 0 Å². The van der Waals surface area contributed by atoms with Gasteiger partial charge in [0.25, 0.3) is 0 Å². The van der Waals surface area contributed by atoms with Gasteiger partial charge in [0.1, 0.15) is 24.3 Å². The number of nitrogen functional groups attached to an aromatic ring is 1. The number of hydrogen-bond donors (Lipinski definition) is 5. The summed E-state index contributed by atoms with van der Waals surface area (Å²) < 4.78 is 58.5. The number of nitrogens with zero attached hydrogens (tertiary/aromatic N) is 6. The van der Waals surface area contributed by atoms with Gasteiger partial charge in [0.05, 0.1) is 18.2 Å². The molecule has 6 N–H and O–H groups in total. The van der Waals surface area contributed by atoms with Crippen LogP contribution < -0.4 is 11.4 Å². The molecule has 2 aromatic heterocycles. The highest BCUT2D eigenvalue weighted by atomic mass is 32.1. The topological polar surface area (TPSA) is 318 Å². The van der Waals surface area contributed by atoms with E-state index in [1.165, 1.54) is 12.3 Å². The number of azide groups is 1. The highest BCUT2D eigenvalue weighted by molar-refractivity contribution is 7.66. The summed E-state index contributed by atoms with van der Waals surface area (Å²) in [4.78, 5) is 72.1. The Labute approximate surface area is 226 Å². The van der Waals surface area contributed by atoms with Crippen molar-refractivity contribution >= 4 is 46.6 Å². The van der Waals surface area contributed by atoms with Crippen LogP contribution in [0.4, 0.5) is 5.82 Å². The van der Waals surface area contributed by atoms with Crippen LogP contribution in [0, 0.1) is 6.92 Å². The third kappa shape index (κ3) is 8.98. The van der Waals surface area contributed by atoms with E-state index in [-0.39, 0.29) is 29.4 Å². The molecular weight excluding hydrogens is 627 g/mol. The third-order valence-corrected chi connectivity index (χ3v) is 9.45. The van der Waals surface area contributed by atoms with Gasteiger partial charge in [-0.3, -0.25) is 9.09 Å². The van der Waals surface area contributed by atoms with Gasteiger partial charge < -0.3 is 34.8 Å². The highest BCUT2D eigenvalue weighted by Gasteiger charge is 2.44. The number of aromatic nitrogens is 3. The molecule has 5 atom stereocenters. The molecule has 220 valence electrons. The van der Waals surface area contributed by atoms with E-state index in [0.717, 1.165) is 15.9 Å². The fourth-order valence-corrected chi connectivity index (χ4v) is 7.16. The monoisotopic (exact) mass is 647 g/mol. The molecule has 25 heteroatoms. The SMILES string of the molecule is Cc1nc(C(=O)OC2C[C@H](n3ccc(N)nc3=O)O[C@@H]2COP(=O)(O)OP(=O)(O)OP(=O)(O)O)c(CN=[N+]=[N-])s1. The minimum atomic E-state index is -5.79. The summed E-state index contributed by atoms with van der Waals surface area (Å²) in [6, 6.07) is 1.27. The van der Waals surface area contributed by atoms with Crippen molar-refractivity contribution in [2.24, 2.45) is 5.11 Å². The van der Waals surface area contributed by atoms with Gasteiger partial charge in [0.15, 0.2) is 5.69 Å². The molecule has 21 nitrogen and oxygen atoms in total. The van der Waals surface area contributed by atoms with Crippen molar-refractivity contribution < 1.29 is 60.7 Å². The summed E-state index contributed by atoms with van der Waals surface area (Å²) in [6.07, 6.45) is -2.92. The first-order chi connectivity index (χ1) is 18.5. The molecule has 0 amide bonds. The van der Waals surface area contributed by atoms with E-state index >= 15 is 0 Å². The summed E-state index contributed by atoms with van der Waals surface area (Å²) in [7, 11) is -17.0. The van der Waals surface area contributed by atoms with Crippen LogP contribution in [0.3, 0.4) is 0 Å². The number of phosphoric ester groups is 1. The van der Waals surface area contributed by atoms with E-state index in [4.69, 9.17) is 30.5 Å². The lowest BCUT2D eigenvalue weighted by atomic mass is 10.2. The fourth-order valence-electron chi connectivity index (χ4n) is 3.29. The lowest BCUT2D eigenvalue weighted by molar-refractivity contribution is -0.0512. The molecule has 0 aromatic carbocycles. The van der Waals surface area contributed by atoms with Gasteiger partial charge in [-0.15, -0.1) is 11.3 Å². The lowest BCUT2D eigenvalue weighted by Crippen LogP contribution is -2.31. The van der Waals surface area contributed by atoms with E-state index in [2.05, 4.69) is 33.1 Å². The molecule has 2 aromatic rings. The van der Waals surface area contributed by atoms with Crippen molar-refractivity contribution in [2.75, 3.05) is 12.3 Å². The minimum absolute atomic E-state index is 0.0992. The predicted molar refractivity (Wildman–Crippen MR) is 130 cm³/mol. The van der Waals surface area contributed by atoms with E-state index in [9.17, 15) is 33.1 Å². The largest absolute Gasteiger partial charge is 0.490 e. The Bertz CT molecular complexity index is 1520. The summed E-state index contributed by atoms with van der Waals surface area (Å²) >= 11 is 1.06. The van der Waals surface area contributed by atoms with Crippen LogP contribution in [0.15, 0.2) is 22.2 Å². The van der Waals surface area contributed by atoms with Gasteiger partial charge in [-0.25, -0.2) is 28.3 Å². The number of phosphoric acid groups is 3. The average molecular weight is 647 g/mol. The fraction of sp³-hybridized carbons (Fsp3) is 0.467. The van der Waals surface area contributed by atoms with E-state index in [0.29, 0.717) is 5.01 Å². The summed E-state index contributed by atoms with van der Waals surface area (Å²) in [5.41, 5.74) is 13.0. The Balaban J connectivity index is 1.82. The Morgan fingerprint density at radius 2 is 1.98 bits per heavy atom. The van der Waals surface area contributed by atoms with Crippen LogP contribution >= 0.6 is 34.8 Å². The van der Waals surface area contributed by atoms with Crippen molar-refractivity contribution in [1.29, 1.82) is 0 Å². The number of anilines is 1. The zero-order chi connectivity index (χ0) is 29.9. The van der Waals surface area contributed by atoms with Crippen LogP contribution in [0.5, 0.6) is 0 Å². The van der Waals surface area contributed by atoms with Crippen molar-refractivity contribution in [3.8, 4) is 0 Å². The number of ether oxygens (including phenoxy) is 2. The number of nitrogens with two attached hydrogens (primary N) is 1. The quantitative estimate of drug-likeness (QED) is 0.0711. The minimum Gasteiger partial charge on any atom is -0.455 e. The maximum Gasteiger partial charge on any atom is 0.490 e. The average Bonchev–Trinajstić information content (AvgIpc) is 3.36. The van der Waals surface area contributed by atoms with Crippen LogP contribution in [-0.2, 0) is 42.9 Å². The van der Waals surface area contributed by atoms with Crippen LogP contribution in [0.25, 0.3) is 10.4 Å². The lowest BCUT2D eigenvalue weighted by Gasteiger charge is -2.21. The Morgan fingerprint density at radius 3 is 2.60 bits per heavy atom. The standard InChI is InChI=1S/C15H20N7O14P3S/c1-7-19-13(10(40-7)5-18-21-17)14(23)34-8-4-12(22-3-2-11(16)20-15(22)24)33-9(8)6-32-38(28,29)36-39(30,31)35-37(25,26)27/h2-3,8-9,12H,4-6H2,1H3,(H,28,29)(H,30,31)(H2,16,20,24)(H2,25,26,27)/t8?,9-,12-/m1/s1. The molecule has 0 saturated carbocycles. The molecular formula is C15H20N7O14P3S. The predicted octanol–water partition coefficient (Wildman–Crippen LogP) is 1.26. The zero-order valence-corrected chi connectivity index (χ0v) is 23.4. The maximum absolute atomic E-state index is 12.9. The molecule has 0 bridgehead atoms. The van der Waals surface area contributed by atoms with Gasteiger partial charge >= 0.3 is 35.1 Å². The molecule has 3 heterocycles. The molecule has 3 unspecified atom stereocenters. The molecule has 1 saturated heterocycles. The van der Waals surface area contributed by atoms with E-state index in [1.54, 1.807) is 6.92 Å². The van der Waals surface area contributed by atoms with Crippen molar-refractivity contribution in [2.45, 2.75) is 38.3 Å². The van der Waals surface area contributed by atoms with Crippen LogP contribution in [0.1, 0.15) is 33.0 Å². The Hall–Kier alpha value is -2.54. The number of aryl methyl sites for hydroxylation is 1. The van der Waals surface area contributed by atoms with Gasteiger partial charge in [-0.2, -0.15) is 13.6 Å². The third-order valence-electron chi connectivity index (χ3n) is 4.69. The van der Waals surface area contributed by atoms with Crippen LogP contribution in [0.2, 0.25) is 0 Å². The first-order valence-corrected chi connectivity index (χ1v) is 15.8. The van der Waals surface area contributed by atoms with E-state index < -0.39 is 60.2 Å². The summed E-state index contributed by atoms with van der Waals surface area (Å²) in [5, 5.41) is 3.83. The molecule has 0 aliphatic carbocycles. The van der Waals surface area contributed by atoms with Gasteiger partial charge in [-0.1, -0.05) is 5.11 Å². The van der Waals surface area contributed by atoms with Crippen LogP contribution in [-0.4, -0.2) is 58.9 Å². The maximum atomic E-state index is 12.9. The summed E-state index contributed by atoms with van der Waals surface area (Å²) in [6.45, 7) is 0.400. The normalized spacial score (nSPS) is 22.2. The number of thiazole rings is 1. The zero-order valence-electron chi connectivity index (χ0n) is 19.9. The number of hydrogen-bond acceptors (Lipinski definition) is 15. The Kier molecular flexibility index (Phi) is 10.0. The number of rotatable bonds is 12. The van der Waals surface area contributed by atoms with Gasteiger partial charge in [0.2, 0.25) is 0 Å². The van der Waals surface area contributed by atoms with Crippen molar-refractivity contribution in [3.05, 3.63) is 48.8 Å². The molecule has 1 aliphatic rings. The molecule has 3 rings (SSSR count). The molecule has 0 radical (unpaired) electrons. The summed E-state index contributed by atoms with van der Waals surface area (Å²) in [5.74, 6) is -1.11. The number of carbonyl (C=O) groups is 1. The smallest absolute Gasteiger partial charge is 0.455 e. The second-order valence-electron chi connectivity index (χ2n) is 7.63. The molecule has 40 heavy (non-hydrogen) atoms. The molecule has 0 spiro atoms. The highest BCUT2D eigenvalue weighted by Crippen LogP contribution is 2.66. The van der Waals surface area contributed by atoms with Crippen molar-refractivity contribution in [3.63, 3.8) is 0 Å². The molecule has 1 aliphatic heterocycles. The second-order valence-corrected chi connectivity index (χ2v) is 13.3. The van der Waals surface area contributed by atoms with Crippen molar-refractivity contribution in [1.82, 2.24) is 14.5 Å². The first kappa shape index (κ1) is 32.0. The second kappa shape index (κ2) is 12.5. The first-order valence-electron chi connectivity index (χ1n) is 10.4. The van der Waals surface area contributed by atoms with Gasteiger partial charge in [0, 0.05) is 22.4 Å². The number of esters is 1. The number of carbonyl (C=O) groups excluding carboxylic acids is 1.